The summed E-state index contributed by atoms with van der Waals surface area (Å²) in [6.45, 7) is 3.05. The quantitative estimate of drug-likeness (QED) is 0.552. The molecule has 0 aliphatic heterocycles. The number of aryl methyl sites for hydroxylation is 1. The molecule has 1 heteroatoms. The molecule has 74 valence electrons. The standard InChI is InChI=1S/C13H17N/c1-3-5-11-14-13-10-7-6-9-12(13)8-4-2/h1,6-7,9-10,14H,4-5,8,11H2,2H3. The Labute approximate surface area is 86.5 Å². The summed E-state index contributed by atoms with van der Waals surface area (Å²) in [7, 11) is 0. The van der Waals surface area contributed by atoms with Crippen molar-refractivity contribution in [2.45, 2.75) is 26.2 Å². The molecule has 0 amide bonds. The van der Waals surface area contributed by atoms with Crippen LogP contribution >= 0.6 is 0 Å². The number of anilines is 1. The first-order valence-electron chi connectivity index (χ1n) is 5.13. The molecule has 14 heavy (non-hydrogen) atoms. The molecule has 0 aliphatic rings. The Kier molecular flexibility index (Phi) is 4.64. The van der Waals surface area contributed by atoms with Crippen molar-refractivity contribution in [1.82, 2.24) is 0 Å². The number of hydrogen-bond acceptors (Lipinski definition) is 1. The normalized spacial score (nSPS) is 9.43. The zero-order valence-corrected chi connectivity index (χ0v) is 8.72. The molecule has 0 heterocycles. The van der Waals surface area contributed by atoms with Crippen LogP contribution in [0.15, 0.2) is 24.3 Å². The van der Waals surface area contributed by atoms with Crippen LogP contribution in [0.1, 0.15) is 25.3 Å². The van der Waals surface area contributed by atoms with Crippen LogP contribution < -0.4 is 5.32 Å². The maximum absolute atomic E-state index is 5.20. The van der Waals surface area contributed by atoms with Crippen LogP contribution in [0.4, 0.5) is 5.69 Å². The number of benzene rings is 1. The molecule has 0 aromatic heterocycles. The SMILES string of the molecule is C#CCCNc1ccccc1CCC. The van der Waals surface area contributed by atoms with Crippen molar-refractivity contribution < 1.29 is 0 Å². The van der Waals surface area contributed by atoms with Gasteiger partial charge in [-0.3, -0.25) is 0 Å². The van der Waals surface area contributed by atoms with Gasteiger partial charge in [-0.2, -0.15) is 0 Å². The summed E-state index contributed by atoms with van der Waals surface area (Å²) >= 11 is 0. The van der Waals surface area contributed by atoms with E-state index < -0.39 is 0 Å². The third-order valence-electron chi connectivity index (χ3n) is 2.12. The van der Waals surface area contributed by atoms with Gasteiger partial charge in [-0.1, -0.05) is 31.5 Å². The van der Waals surface area contributed by atoms with E-state index >= 15 is 0 Å². The second-order valence-electron chi connectivity index (χ2n) is 3.29. The summed E-state index contributed by atoms with van der Waals surface area (Å²) < 4.78 is 0. The molecule has 0 spiro atoms. The van der Waals surface area contributed by atoms with E-state index in [1.807, 2.05) is 0 Å². The molecule has 0 aliphatic carbocycles. The Balaban J connectivity index is 2.60. The molecule has 0 radical (unpaired) electrons. The molecule has 0 saturated heterocycles. The number of nitrogens with one attached hydrogen (secondary N) is 1. The van der Waals surface area contributed by atoms with Gasteiger partial charge in [0.15, 0.2) is 0 Å². The van der Waals surface area contributed by atoms with E-state index in [1.165, 1.54) is 17.7 Å². The predicted molar refractivity (Wildman–Crippen MR) is 62.4 cm³/mol. The molecular formula is C13H17N. The molecule has 0 atom stereocenters. The summed E-state index contributed by atoms with van der Waals surface area (Å²) in [5.74, 6) is 2.63. The lowest BCUT2D eigenvalue weighted by Gasteiger charge is -2.09. The van der Waals surface area contributed by atoms with E-state index in [1.54, 1.807) is 0 Å². The highest BCUT2D eigenvalue weighted by atomic mass is 14.9. The minimum atomic E-state index is 0.778. The van der Waals surface area contributed by atoms with Gasteiger partial charge in [-0.05, 0) is 18.1 Å². The highest BCUT2D eigenvalue weighted by Gasteiger charge is 1.98. The second kappa shape index (κ2) is 6.10. The molecule has 1 aromatic carbocycles. The van der Waals surface area contributed by atoms with E-state index in [2.05, 4.69) is 42.4 Å². The highest BCUT2D eigenvalue weighted by Crippen LogP contribution is 2.16. The number of hydrogen-bond donors (Lipinski definition) is 1. The van der Waals surface area contributed by atoms with Crippen LogP contribution in [0.5, 0.6) is 0 Å². The van der Waals surface area contributed by atoms with Crippen LogP contribution in [0.2, 0.25) is 0 Å². The van der Waals surface area contributed by atoms with Crippen molar-refractivity contribution in [2.24, 2.45) is 0 Å². The third-order valence-corrected chi connectivity index (χ3v) is 2.12. The molecule has 0 unspecified atom stereocenters. The summed E-state index contributed by atoms with van der Waals surface area (Å²) in [5.41, 5.74) is 2.61. The highest BCUT2D eigenvalue weighted by molar-refractivity contribution is 5.51. The Morgan fingerprint density at radius 1 is 1.36 bits per heavy atom. The fourth-order valence-corrected chi connectivity index (χ4v) is 1.45. The molecule has 1 rings (SSSR count). The smallest absolute Gasteiger partial charge is 0.0373 e. The molecule has 1 aromatic rings. The lowest BCUT2D eigenvalue weighted by atomic mass is 10.1. The largest absolute Gasteiger partial charge is 0.384 e. The molecular weight excluding hydrogens is 170 g/mol. The third kappa shape index (κ3) is 3.14. The van der Waals surface area contributed by atoms with Crippen molar-refractivity contribution in [2.75, 3.05) is 11.9 Å². The summed E-state index contributed by atoms with van der Waals surface area (Å²) in [4.78, 5) is 0. The summed E-state index contributed by atoms with van der Waals surface area (Å²) in [6.07, 6.45) is 8.28. The minimum Gasteiger partial charge on any atom is -0.384 e. The lowest BCUT2D eigenvalue weighted by molar-refractivity contribution is 0.919. The van der Waals surface area contributed by atoms with Gasteiger partial charge >= 0.3 is 0 Å². The van der Waals surface area contributed by atoms with E-state index in [0.717, 1.165) is 19.4 Å². The minimum absolute atomic E-state index is 0.778. The first-order chi connectivity index (χ1) is 6.88. The predicted octanol–water partition coefficient (Wildman–Crippen LogP) is 3.07. The zero-order chi connectivity index (χ0) is 10.2. The second-order valence-corrected chi connectivity index (χ2v) is 3.29. The van der Waals surface area contributed by atoms with Crippen molar-refractivity contribution in [3.8, 4) is 12.3 Å². The van der Waals surface area contributed by atoms with Crippen LogP contribution in [0, 0.1) is 12.3 Å². The van der Waals surface area contributed by atoms with E-state index in [4.69, 9.17) is 6.42 Å². The van der Waals surface area contributed by atoms with Crippen molar-refractivity contribution in [1.29, 1.82) is 0 Å². The van der Waals surface area contributed by atoms with Crippen LogP contribution in [0.3, 0.4) is 0 Å². The van der Waals surface area contributed by atoms with E-state index in [-0.39, 0.29) is 0 Å². The van der Waals surface area contributed by atoms with Gasteiger partial charge in [0.2, 0.25) is 0 Å². The first kappa shape index (κ1) is 10.7. The van der Waals surface area contributed by atoms with Gasteiger partial charge < -0.3 is 5.32 Å². The molecule has 1 nitrogen and oxygen atoms in total. The summed E-state index contributed by atoms with van der Waals surface area (Å²) in [5, 5.41) is 3.36. The summed E-state index contributed by atoms with van der Waals surface area (Å²) in [6, 6.07) is 8.41. The number of rotatable bonds is 5. The lowest BCUT2D eigenvalue weighted by Crippen LogP contribution is -2.03. The average molecular weight is 187 g/mol. The Morgan fingerprint density at radius 2 is 2.14 bits per heavy atom. The Morgan fingerprint density at radius 3 is 2.86 bits per heavy atom. The molecule has 0 bridgehead atoms. The van der Waals surface area contributed by atoms with Gasteiger partial charge in [0.1, 0.15) is 0 Å². The van der Waals surface area contributed by atoms with E-state index in [0.29, 0.717) is 0 Å². The van der Waals surface area contributed by atoms with Crippen LogP contribution in [-0.4, -0.2) is 6.54 Å². The molecule has 0 fully saturated rings. The average Bonchev–Trinajstić information content (AvgIpc) is 2.21. The number of para-hydroxylation sites is 1. The van der Waals surface area contributed by atoms with Crippen LogP contribution in [0.25, 0.3) is 0 Å². The first-order valence-corrected chi connectivity index (χ1v) is 5.13. The van der Waals surface area contributed by atoms with E-state index in [9.17, 15) is 0 Å². The maximum atomic E-state index is 5.20. The van der Waals surface area contributed by atoms with Gasteiger partial charge in [0, 0.05) is 18.7 Å². The van der Waals surface area contributed by atoms with Gasteiger partial charge in [-0.15, -0.1) is 12.3 Å². The van der Waals surface area contributed by atoms with Crippen molar-refractivity contribution >= 4 is 5.69 Å². The van der Waals surface area contributed by atoms with Gasteiger partial charge in [0.25, 0.3) is 0 Å². The fourth-order valence-electron chi connectivity index (χ4n) is 1.45. The Bertz CT molecular complexity index is 309. The van der Waals surface area contributed by atoms with Crippen LogP contribution in [-0.2, 0) is 6.42 Å². The van der Waals surface area contributed by atoms with Gasteiger partial charge in [0.05, 0.1) is 0 Å². The van der Waals surface area contributed by atoms with Gasteiger partial charge in [-0.25, -0.2) is 0 Å². The monoisotopic (exact) mass is 187 g/mol. The van der Waals surface area contributed by atoms with Crippen molar-refractivity contribution in [3.63, 3.8) is 0 Å². The maximum Gasteiger partial charge on any atom is 0.0373 e. The molecule has 1 N–H and O–H groups in total. The van der Waals surface area contributed by atoms with Crippen molar-refractivity contribution in [3.05, 3.63) is 29.8 Å². The molecule has 0 saturated carbocycles. The fraction of sp³-hybridized carbons (Fsp3) is 0.385. The Hall–Kier alpha value is -1.42. The zero-order valence-electron chi connectivity index (χ0n) is 8.72. The topological polar surface area (TPSA) is 12.0 Å². The number of terminal acetylenes is 1.